The van der Waals surface area contributed by atoms with Crippen molar-refractivity contribution in [1.29, 1.82) is 0 Å². The molecule has 1 aliphatic carbocycles. The summed E-state index contributed by atoms with van der Waals surface area (Å²) in [7, 11) is 3.86. The van der Waals surface area contributed by atoms with E-state index in [0.29, 0.717) is 35.7 Å². The summed E-state index contributed by atoms with van der Waals surface area (Å²) in [4.78, 5) is 33.9. The molecule has 2 fully saturated rings. The first-order valence-electron chi connectivity index (χ1n) is 15.1. The van der Waals surface area contributed by atoms with Gasteiger partial charge in [-0.15, -0.1) is 0 Å². The Morgan fingerprint density at radius 3 is 2.20 bits per heavy atom. The van der Waals surface area contributed by atoms with Crippen LogP contribution in [0.15, 0.2) is 78.9 Å². The van der Waals surface area contributed by atoms with Crippen LogP contribution in [0, 0.1) is 0 Å². The Hall–Kier alpha value is -4.12. The number of hydrogen-bond donors (Lipinski definition) is 2. The summed E-state index contributed by atoms with van der Waals surface area (Å²) < 4.78 is 40.0. The molecule has 1 aliphatic heterocycles. The number of alkyl halides is 3. The van der Waals surface area contributed by atoms with Gasteiger partial charge in [0.15, 0.2) is 5.11 Å². The molecule has 0 bridgehead atoms. The number of nitrogens with zero attached hydrogens (tertiary/aromatic N) is 3. The van der Waals surface area contributed by atoms with Gasteiger partial charge in [0, 0.05) is 38.6 Å². The summed E-state index contributed by atoms with van der Waals surface area (Å²) >= 11 is 5.61. The zero-order chi connectivity index (χ0) is 32.2. The fraction of sp³-hybridized carbons (Fsp3) is 0.382. The Labute approximate surface area is 267 Å². The van der Waals surface area contributed by atoms with Crippen molar-refractivity contribution in [3.05, 3.63) is 95.6 Å². The number of thiocarbonyl (C=S) groups is 1. The van der Waals surface area contributed by atoms with Crippen molar-refractivity contribution in [2.24, 2.45) is 0 Å². The largest absolute Gasteiger partial charge is 0.416 e. The maximum absolute atomic E-state index is 14.3. The molecule has 0 spiro atoms. The second kappa shape index (κ2) is 13.5. The van der Waals surface area contributed by atoms with Gasteiger partial charge >= 0.3 is 6.18 Å². The molecular weight excluding hydrogens is 599 g/mol. The SMILES string of the molecule is CN(C)c1ccc(NC(=O)C2(N(Cc3ccc(C(F)(F)F)cc3)C(=O)CN3CC(c4ccccc4)NC3=S)CCCCC2)cc1. The van der Waals surface area contributed by atoms with E-state index in [-0.39, 0.29) is 30.9 Å². The van der Waals surface area contributed by atoms with Crippen molar-refractivity contribution in [3.63, 3.8) is 0 Å². The number of rotatable bonds is 9. The van der Waals surface area contributed by atoms with E-state index in [9.17, 15) is 22.8 Å². The van der Waals surface area contributed by atoms with Crippen LogP contribution >= 0.6 is 12.2 Å². The smallest absolute Gasteiger partial charge is 0.378 e. The quantitative estimate of drug-likeness (QED) is 0.266. The van der Waals surface area contributed by atoms with Crippen molar-refractivity contribution < 1.29 is 22.8 Å². The fourth-order valence-corrected chi connectivity index (χ4v) is 6.44. The highest BCUT2D eigenvalue weighted by atomic mass is 32.1. The Morgan fingerprint density at radius 1 is 0.956 bits per heavy atom. The third-order valence-electron chi connectivity index (χ3n) is 8.70. The second-order valence-corrected chi connectivity index (χ2v) is 12.3. The van der Waals surface area contributed by atoms with Crippen LogP contribution in [0.3, 0.4) is 0 Å². The van der Waals surface area contributed by atoms with Crippen molar-refractivity contribution in [2.75, 3.05) is 37.4 Å². The number of carbonyl (C=O) groups excluding carboxylic acids is 2. The maximum atomic E-state index is 14.3. The van der Waals surface area contributed by atoms with Crippen LogP contribution in [0.4, 0.5) is 24.5 Å². The van der Waals surface area contributed by atoms with E-state index in [1.54, 1.807) is 9.80 Å². The highest BCUT2D eigenvalue weighted by molar-refractivity contribution is 7.80. The minimum atomic E-state index is -4.48. The van der Waals surface area contributed by atoms with Crippen LogP contribution < -0.4 is 15.5 Å². The molecule has 0 aromatic heterocycles. The average Bonchev–Trinajstić information content (AvgIpc) is 3.40. The molecule has 1 unspecified atom stereocenters. The van der Waals surface area contributed by atoms with Gasteiger partial charge in [0.25, 0.3) is 0 Å². The topological polar surface area (TPSA) is 67.9 Å². The highest BCUT2D eigenvalue weighted by Gasteiger charge is 2.47. The van der Waals surface area contributed by atoms with Crippen molar-refractivity contribution in [1.82, 2.24) is 15.1 Å². The summed E-state index contributed by atoms with van der Waals surface area (Å²) in [5.74, 6) is -0.614. The molecule has 3 aromatic carbocycles. The van der Waals surface area contributed by atoms with Gasteiger partial charge in [-0.25, -0.2) is 0 Å². The number of amides is 2. The van der Waals surface area contributed by atoms with E-state index in [1.807, 2.05) is 73.6 Å². The third kappa shape index (κ3) is 7.41. The maximum Gasteiger partial charge on any atom is 0.416 e. The summed E-state index contributed by atoms with van der Waals surface area (Å²) in [5.41, 5.74) is 1.17. The molecule has 5 rings (SSSR count). The first-order chi connectivity index (χ1) is 21.5. The van der Waals surface area contributed by atoms with Gasteiger partial charge in [-0.1, -0.05) is 61.7 Å². The van der Waals surface area contributed by atoms with Gasteiger partial charge in [-0.3, -0.25) is 9.59 Å². The number of hydrogen-bond acceptors (Lipinski definition) is 4. The normalized spacial score (nSPS) is 17.8. The monoisotopic (exact) mass is 637 g/mol. The van der Waals surface area contributed by atoms with E-state index in [0.717, 1.165) is 42.6 Å². The van der Waals surface area contributed by atoms with E-state index in [2.05, 4.69) is 10.6 Å². The van der Waals surface area contributed by atoms with Gasteiger partial charge in [0.1, 0.15) is 5.54 Å². The molecule has 1 atom stereocenters. The second-order valence-electron chi connectivity index (χ2n) is 12.0. The summed E-state index contributed by atoms with van der Waals surface area (Å²) in [5, 5.41) is 6.78. The van der Waals surface area contributed by atoms with Crippen LogP contribution in [0.5, 0.6) is 0 Å². The zero-order valence-electron chi connectivity index (χ0n) is 25.4. The summed E-state index contributed by atoms with van der Waals surface area (Å²) in [6, 6.07) is 22.0. The molecule has 0 radical (unpaired) electrons. The molecule has 3 aromatic rings. The minimum Gasteiger partial charge on any atom is -0.378 e. The van der Waals surface area contributed by atoms with Crippen molar-refractivity contribution in [2.45, 2.75) is 56.4 Å². The molecule has 238 valence electrons. The first-order valence-corrected chi connectivity index (χ1v) is 15.5. The number of halogens is 3. The average molecular weight is 638 g/mol. The standard InChI is InChI=1S/C34H38F3N5O2S/c1-40(2)28-17-15-27(16-18-28)38-31(44)33(19-7-4-8-20-33)42(21-24-11-13-26(14-12-24)34(35,36)37)30(43)23-41-22-29(39-32(41)45)25-9-5-3-6-10-25/h3,5-6,9-18,29H,4,7-8,19-23H2,1-2H3,(H,38,44)(H,39,45). The lowest BCUT2D eigenvalue weighted by Gasteiger charge is -2.45. The van der Waals surface area contributed by atoms with Crippen LogP contribution in [0.25, 0.3) is 0 Å². The van der Waals surface area contributed by atoms with E-state index in [4.69, 9.17) is 12.2 Å². The van der Waals surface area contributed by atoms with Crippen LogP contribution in [-0.4, -0.2) is 59.5 Å². The van der Waals surface area contributed by atoms with Crippen molar-refractivity contribution in [3.8, 4) is 0 Å². The molecule has 2 N–H and O–H groups in total. The fourth-order valence-electron chi connectivity index (χ4n) is 6.15. The predicted molar refractivity (Wildman–Crippen MR) is 174 cm³/mol. The van der Waals surface area contributed by atoms with Gasteiger partial charge < -0.3 is 25.3 Å². The Kier molecular flexibility index (Phi) is 9.67. The lowest BCUT2D eigenvalue weighted by molar-refractivity contribution is -0.149. The first kappa shape index (κ1) is 32.3. The van der Waals surface area contributed by atoms with E-state index < -0.39 is 17.3 Å². The molecule has 45 heavy (non-hydrogen) atoms. The lowest BCUT2D eigenvalue weighted by Crippen LogP contribution is -2.61. The van der Waals surface area contributed by atoms with Crippen molar-refractivity contribution >= 4 is 40.5 Å². The van der Waals surface area contributed by atoms with Gasteiger partial charge in [0.05, 0.1) is 18.2 Å². The van der Waals surface area contributed by atoms with Crippen LogP contribution in [0.1, 0.15) is 54.8 Å². The minimum absolute atomic E-state index is 0.0138. The van der Waals surface area contributed by atoms with Gasteiger partial charge in [0.2, 0.25) is 11.8 Å². The number of carbonyl (C=O) groups is 2. The van der Waals surface area contributed by atoms with E-state index >= 15 is 0 Å². The van der Waals surface area contributed by atoms with Gasteiger partial charge in [-0.2, -0.15) is 13.2 Å². The molecule has 1 saturated heterocycles. The molecular formula is C34H38F3N5O2S. The Bertz CT molecular complexity index is 1490. The molecule has 2 amide bonds. The van der Waals surface area contributed by atoms with Gasteiger partial charge in [-0.05, 0) is 72.6 Å². The Balaban J connectivity index is 1.44. The number of benzene rings is 3. The highest BCUT2D eigenvalue weighted by Crippen LogP contribution is 2.37. The number of anilines is 2. The summed E-state index contributed by atoms with van der Waals surface area (Å²) in [6.45, 7) is 0.391. The molecule has 11 heteroatoms. The zero-order valence-corrected chi connectivity index (χ0v) is 26.3. The summed E-state index contributed by atoms with van der Waals surface area (Å²) in [6.07, 6.45) is -1.19. The molecule has 2 aliphatic rings. The van der Waals surface area contributed by atoms with Crippen LogP contribution in [0.2, 0.25) is 0 Å². The van der Waals surface area contributed by atoms with Crippen LogP contribution in [-0.2, 0) is 22.3 Å². The Morgan fingerprint density at radius 2 is 1.60 bits per heavy atom. The molecule has 1 heterocycles. The molecule has 1 saturated carbocycles. The predicted octanol–water partition coefficient (Wildman–Crippen LogP) is 6.37. The lowest BCUT2D eigenvalue weighted by atomic mass is 9.78. The third-order valence-corrected chi connectivity index (χ3v) is 9.08. The molecule has 7 nitrogen and oxygen atoms in total. The number of nitrogens with one attached hydrogen (secondary N) is 2. The van der Waals surface area contributed by atoms with E-state index in [1.165, 1.54) is 12.1 Å².